The predicted octanol–water partition coefficient (Wildman–Crippen LogP) is 1.89. The molecule has 0 aromatic carbocycles. The number of anilines is 1. The molecule has 1 aromatic rings. The normalized spacial score (nSPS) is 20.8. The molecule has 16 heavy (non-hydrogen) atoms. The second-order valence-electron chi connectivity index (χ2n) is 3.91. The molecular weight excluding hydrogens is 228 g/mol. The predicted molar refractivity (Wildman–Crippen MR) is 64.3 cm³/mol. The van der Waals surface area contributed by atoms with Crippen molar-refractivity contribution in [1.82, 2.24) is 4.57 Å². The van der Waals surface area contributed by atoms with Crippen molar-refractivity contribution >= 4 is 17.3 Å². The van der Waals surface area contributed by atoms with Crippen molar-refractivity contribution in [3.63, 3.8) is 0 Å². The second kappa shape index (κ2) is 4.89. The summed E-state index contributed by atoms with van der Waals surface area (Å²) in [6.45, 7) is 1.37. The maximum Gasteiger partial charge on any atom is 0.274 e. The molecule has 1 fully saturated rings. The quantitative estimate of drug-likeness (QED) is 0.862. The van der Waals surface area contributed by atoms with Gasteiger partial charge in [-0.1, -0.05) is 11.6 Å². The molecule has 0 amide bonds. The van der Waals surface area contributed by atoms with Crippen LogP contribution in [0.3, 0.4) is 0 Å². The number of rotatable bonds is 2. The lowest BCUT2D eigenvalue weighted by molar-refractivity contribution is 0.0581. The topological polar surface area (TPSA) is 43.3 Å². The Morgan fingerprint density at radius 3 is 3.06 bits per heavy atom. The molecule has 0 spiro atoms. The molecule has 0 aliphatic carbocycles. The van der Waals surface area contributed by atoms with Crippen LogP contribution in [0.4, 0.5) is 5.69 Å². The van der Waals surface area contributed by atoms with Crippen LogP contribution in [-0.2, 0) is 4.74 Å². The van der Waals surface area contributed by atoms with Gasteiger partial charge in [0.2, 0.25) is 0 Å². The van der Waals surface area contributed by atoms with Crippen LogP contribution >= 0.6 is 11.6 Å². The number of nitrogens with zero attached hydrogens (tertiary/aromatic N) is 1. The summed E-state index contributed by atoms with van der Waals surface area (Å²) in [6.07, 6.45) is 3.63. The van der Waals surface area contributed by atoms with E-state index in [0.717, 1.165) is 19.4 Å². The Kier molecular flexibility index (Phi) is 3.51. The Balaban J connectivity index is 2.38. The molecule has 2 heterocycles. The van der Waals surface area contributed by atoms with E-state index in [1.165, 1.54) is 0 Å². The third-order valence-electron chi connectivity index (χ3n) is 2.81. The minimum absolute atomic E-state index is 0.0394. The lowest BCUT2D eigenvalue weighted by Crippen LogP contribution is -2.31. The van der Waals surface area contributed by atoms with Gasteiger partial charge in [-0.2, -0.15) is 0 Å². The number of ether oxygens (including phenoxy) is 1. The minimum atomic E-state index is -0.0394. The number of pyridine rings is 1. The van der Waals surface area contributed by atoms with Gasteiger partial charge in [-0.25, -0.2) is 0 Å². The van der Waals surface area contributed by atoms with Crippen molar-refractivity contribution in [1.29, 1.82) is 0 Å². The summed E-state index contributed by atoms with van der Waals surface area (Å²) in [7, 11) is 1.72. The molecular formula is C11H15ClN2O2. The fraction of sp³-hybridized carbons (Fsp3) is 0.545. The number of aromatic nitrogens is 1. The number of halogens is 1. The summed E-state index contributed by atoms with van der Waals surface area (Å²) in [5.74, 6) is 0. The van der Waals surface area contributed by atoms with E-state index >= 15 is 0 Å². The molecule has 1 N–H and O–H groups in total. The van der Waals surface area contributed by atoms with Crippen molar-refractivity contribution in [2.45, 2.75) is 18.9 Å². The first kappa shape index (κ1) is 11.5. The van der Waals surface area contributed by atoms with E-state index in [1.54, 1.807) is 23.9 Å². The Hall–Kier alpha value is -1.00. The van der Waals surface area contributed by atoms with E-state index in [9.17, 15) is 4.79 Å². The van der Waals surface area contributed by atoms with Gasteiger partial charge in [0, 0.05) is 19.9 Å². The first-order chi connectivity index (χ1) is 7.72. The first-order valence-corrected chi connectivity index (χ1v) is 5.77. The van der Waals surface area contributed by atoms with Crippen LogP contribution in [0.5, 0.6) is 0 Å². The molecule has 2 rings (SSSR count). The Morgan fingerprint density at radius 1 is 1.62 bits per heavy atom. The maximum atomic E-state index is 12.0. The van der Waals surface area contributed by atoms with Crippen LogP contribution in [0.1, 0.15) is 18.9 Å². The van der Waals surface area contributed by atoms with Gasteiger partial charge in [0.15, 0.2) is 0 Å². The van der Waals surface area contributed by atoms with Crippen molar-refractivity contribution in [3.8, 4) is 0 Å². The highest BCUT2D eigenvalue weighted by Gasteiger charge is 2.18. The largest absolute Gasteiger partial charge is 0.384 e. The summed E-state index contributed by atoms with van der Waals surface area (Å²) >= 11 is 5.98. The smallest absolute Gasteiger partial charge is 0.274 e. The van der Waals surface area contributed by atoms with E-state index in [-0.39, 0.29) is 11.6 Å². The van der Waals surface area contributed by atoms with Crippen LogP contribution in [0, 0.1) is 0 Å². The van der Waals surface area contributed by atoms with Crippen LogP contribution < -0.4 is 10.9 Å². The molecule has 4 nitrogen and oxygen atoms in total. The van der Waals surface area contributed by atoms with E-state index in [1.807, 2.05) is 0 Å². The average molecular weight is 243 g/mol. The lowest BCUT2D eigenvalue weighted by atomic mass is 10.1. The number of hydrogen-bond acceptors (Lipinski definition) is 3. The lowest BCUT2D eigenvalue weighted by Gasteiger charge is -2.24. The third kappa shape index (κ3) is 2.23. The maximum absolute atomic E-state index is 12.0. The first-order valence-electron chi connectivity index (χ1n) is 5.39. The molecule has 88 valence electrons. The average Bonchev–Trinajstić information content (AvgIpc) is 2.33. The molecule has 1 aliphatic heterocycles. The van der Waals surface area contributed by atoms with Crippen LogP contribution in [-0.4, -0.2) is 24.8 Å². The van der Waals surface area contributed by atoms with Gasteiger partial charge in [0.05, 0.1) is 17.7 Å². The zero-order valence-corrected chi connectivity index (χ0v) is 9.96. The minimum Gasteiger partial charge on any atom is -0.384 e. The monoisotopic (exact) mass is 242 g/mol. The molecule has 1 aromatic heterocycles. The zero-order valence-electron chi connectivity index (χ0n) is 9.20. The van der Waals surface area contributed by atoms with Gasteiger partial charge in [-0.15, -0.1) is 0 Å². The summed E-state index contributed by atoms with van der Waals surface area (Å²) in [6, 6.07) is 1.75. The van der Waals surface area contributed by atoms with E-state index in [4.69, 9.17) is 16.3 Å². The molecule has 1 atom stereocenters. The molecule has 0 radical (unpaired) electrons. The molecule has 0 saturated carbocycles. The van der Waals surface area contributed by atoms with Gasteiger partial charge >= 0.3 is 0 Å². The van der Waals surface area contributed by atoms with Crippen molar-refractivity contribution < 1.29 is 4.74 Å². The second-order valence-corrected chi connectivity index (χ2v) is 4.34. The molecule has 5 heteroatoms. The zero-order chi connectivity index (χ0) is 11.5. The van der Waals surface area contributed by atoms with Gasteiger partial charge in [0.25, 0.3) is 5.56 Å². The highest BCUT2D eigenvalue weighted by atomic mass is 35.5. The number of nitrogens with one attached hydrogen (secondary N) is 1. The summed E-state index contributed by atoms with van der Waals surface area (Å²) in [5.41, 5.74) is 0.487. The Labute approximate surface area is 99.2 Å². The van der Waals surface area contributed by atoms with Gasteiger partial charge in [-0.05, 0) is 18.9 Å². The number of hydrogen-bond donors (Lipinski definition) is 1. The fourth-order valence-corrected chi connectivity index (χ4v) is 2.18. The van der Waals surface area contributed by atoms with Gasteiger partial charge in [0.1, 0.15) is 5.69 Å². The van der Waals surface area contributed by atoms with Crippen LogP contribution in [0.2, 0.25) is 5.02 Å². The molecule has 1 saturated heterocycles. The van der Waals surface area contributed by atoms with Crippen molar-refractivity contribution in [2.24, 2.45) is 0 Å². The summed E-state index contributed by atoms with van der Waals surface area (Å²) < 4.78 is 7.06. The van der Waals surface area contributed by atoms with E-state index in [2.05, 4.69) is 5.32 Å². The standard InChI is InChI=1S/C11H15ClN2O2/c1-13-10-5-8(12)6-14(11(10)15)9-3-2-4-16-7-9/h5-6,9,13H,2-4,7H2,1H3/t9-/m1/s1. The Bertz CT molecular complexity index is 424. The summed E-state index contributed by atoms with van der Waals surface area (Å²) in [4.78, 5) is 12.0. The van der Waals surface area contributed by atoms with Crippen molar-refractivity contribution in [2.75, 3.05) is 25.6 Å². The highest BCUT2D eigenvalue weighted by Crippen LogP contribution is 2.20. The van der Waals surface area contributed by atoms with Gasteiger partial charge in [-0.3, -0.25) is 4.79 Å². The van der Waals surface area contributed by atoms with Crippen molar-refractivity contribution in [3.05, 3.63) is 27.6 Å². The molecule has 0 unspecified atom stereocenters. The summed E-state index contributed by atoms with van der Waals surface area (Å²) in [5, 5.41) is 3.42. The molecule has 0 bridgehead atoms. The highest BCUT2D eigenvalue weighted by molar-refractivity contribution is 6.30. The SMILES string of the molecule is CNc1cc(Cl)cn([C@@H]2CCCOC2)c1=O. The van der Waals surface area contributed by atoms with Crippen LogP contribution in [0.15, 0.2) is 17.1 Å². The Morgan fingerprint density at radius 2 is 2.44 bits per heavy atom. The molecule has 1 aliphatic rings. The van der Waals surface area contributed by atoms with E-state index < -0.39 is 0 Å². The third-order valence-corrected chi connectivity index (χ3v) is 3.02. The van der Waals surface area contributed by atoms with Crippen LogP contribution in [0.25, 0.3) is 0 Å². The van der Waals surface area contributed by atoms with Gasteiger partial charge < -0.3 is 14.6 Å². The fourth-order valence-electron chi connectivity index (χ4n) is 1.96. The van der Waals surface area contributed by atoms with E-state index in [0.29, 0.717) is 17.3 Å².